The Labute approximate surface area is 167 Å². The second kappa shape index (κ2) is 8.35. The predicted octanol–water partition coefficient (Wildman–Crippen LogP) is 5.72. The molecule has 0 aliphatic rings. The topological polar surface area (TPSA) is 55.4 Å². The molecule has 0 spiro atoms. The van der Waals surface area contributed by atoms with E-state index in [9.17, 15) is 14.0 Å². The van der Waals surface area contributed by atoms with Crippen molar-refractivity contribution in [2.24, 2.45) is 0 Å². The Hall–Kier alpha value is -2.99. The van der Waals surface area contributed by atoms with Gasteiger partial charge in [-0.15, -0.1) is 11.3 Å². The molecule has 0 saturated carbocycles. The van der Waals surface area contributed by atoms with Gasteiger partial charge in [-0.25, -0.2) is 9.18 Å². The molecule has 3 rings (SSSR count). The van der Waals surface area contributed by atoms with Crippen molar-refractivity contribution in [1.29, 1.82) is 0 Å². The highest BCUT2D eigenvalue weighted by Gasteiger charge is 2.22. The largest absolute Gasteiger partial charge is 0.465 e. The lowest BCUT2D eigenvalue weighted by molar-refractivity contribution is 0.0603. The lowest BCUT2D eigenvalue weighted by Gasteiger charge is -2.09. The van der Waals surface area contributed by atoms with Crippen LogP contribution in [0.15, 0.2) is 53.9 Å². The Morgan fingerprint density at radius 3 is 2.25 bits per heavy atom. The molecule has 0 radical (unpaired) electrons. The van der Waals surface area contributed by atoms with E-state index in [0.717, 1.165) is 5.56 Å². The van der Waals surface area contributed by atoms with Crippen LogP contribution in [-0.2, 0) is 4.74 Å². The molecule has 0 unspecified atom stereocenters. The first-order valence-electron chi connectivity index (χ1n) is 8.77. The molecule has 1 heterocycles. The fourth-order valence-electron chi connectivity index (χ4n) is 2.79. The molecule has 2 aromatic carbocycles. The van der Waals surface area contributed by atoms with E-state index in [0.29, 0.717) is 27.6 Å². The summed E-state index contributed by atoms with van der Waals surface area (Å²) >= 11 is 1.22. The van der Waals surface area contributed by atoms with Gasteiger partial charge in [-0.05, 0) is 41.3 Å². The number of amides is 1. The number of hydrogen-bond acceptors (Lipinski definition) is 4. The lowest BCUT2D eigenvalue weighted by atomic mass is 10.0. The number of halogens is 1. The van der Waals surface area contributed by atoms with Gasteiger partial charge in [0.05, 0.1) is 7.11 Å². The highest BCUT2D eigenvalue weighted by atomic mass is 32.1. The van der Waals surface area contributed by atoms with Gasteiger partial charge in [0, 0.05) is 16.5 Å². The van der Waals surface area contributed by atoms with Crippen molar-refractivity contribution in [1.82, 2.24) is 0 Å². The molecule has 4 nitrogen and oxygen atoms in total. The number of esters is 1. The monoisotopic (exact) mass is 397 g/mol. The SMILES string of the molecule is COC(=O)c1c(-c2ccc(F)cc2)csc1NC(=O)c1ccc(C(C)C)cc1. The molecule has 1 N–H and O–H groups in total. The zero-order chi connectivity index (χ0) is 20.3. The third-order valence-electron chi connectivity index (χ3n) is 4.40. The van der Waals surface area contributed by atoms with E-state index in [1.165, 1.54) is 30.6 Å². The van der Waals surface area contributed by atoms with Crippen LogP contribution in [0.2, 0.25) is 0 Å². The van der Waals surface area contributed by atoms with Gasteiger partial charge in [0.15, 0.2) is 0 Å². The van der Waals surface area contributed by atoms with Crippen LogP contribution >= 0.6 is 11.3 Å². The van der Waals surface area contributed by atoms with Crippen molar-refractivity contribution in [3.05, 3.63) is 76.4 Å². The van der Waals surface area contributed by atoms with E-state index >= 15 is 0 Å². The van der Waals surface area contributed by atoms with Gasteiger partial charge in [0.2, 0.25) is 0 Å². The molecule has 0 bridgehead atoms. The van der Waals surface area contributed by atoms with Gasteiger partial charge in [-0.2, -0.15) is 0 Å². The van der Waals surface area contributed by atoms with Crippen LogP contribution in [0.1, 0.15) is 46.0 Å². The van der Waals surface area contributed by atoms with Crippen LogP contribution < -0.4 is 5.32 Å². The number of carbonyl (C=O) groups excluding carboxylic acids is 2. The molecule has 0 aliphatic carbocycles. The first-order valence-corrected chi connectivity index (χ1v) is 9.65. The fraction of sp³-hybridized carbons (Fsp3) is 0.182. The number of hydrogen-bond donors (Lipinski definition) is 1. The number of methoxy groups -OCH3 is 1. The van der Waals surface area contributed by atoms with Crippen LogP contribution in [0.5, 0.6) is 0 Å². The molecule has 3 aromatic rings. The van der Waals surface area contributed by atoms with Crippen molar-refractivity contribution < 1.29 is 18.7 Å². The first kappa shape index (κ1) is 19.8. The summed E-state index contributed by atoms with van der Waals surface area (Å²) in [6, 6.07) is 13.2. The van der Waals surface area contributed by atoms with Gasteiger partial charge in [-0.1, -0.05) is 38.1 Å². The zero-order valence-electron chi connectivity index (χ0n) is 15.8. The fourth-order valence-corrected chi connectivity index (χ4v) is 3.74. The normalized spacial score (nSPS) is 10.8. The van der Waals surface area contributed by atoms with Crippen LogP contribution in [0.25, 0.3) is 11.1 Å². The summed E-state index contributed by atoms with van der Waals surface area (Å²) < 4.78 is 18.1. The lowest BCUT2D eigenvalue weighted by Crippen LogP contribution is -2.14. The molecule has 144 valence electrons. The summed E-state index contributed by atoms with van der Waals surface area (Å²) in [7, 11) is 1.28. The van der Waals surface area contributed by atoms with Crippen LogP contribution in [0, 0.1) is 5.82 Å². The third kappa shape index (κ3) is 4.12. The third-order valence-corrected chi connectivity index (χ3v) is 5.30. The molecule has 1 amide bonds. The second-order valence-corrected chi connectivity index (χ2v) is 7.46. The number of nitrogens with one attached hydrogen (secondary N) is 1. The average molecular weight is 397 g/mol. The minimum absolute atomic E-state index is 0.256. The number of thiophene rings is 1. The second-order valence-electron chi connectivity index (χ2n) is 6.58. The van der Waals surface area contributed by atoms with E-state index in [4.69, 9.17) is 4.74 Å². The van der Waals surface area contributed by atoms with E-state index in [1.807, 2.05) is 12.1 Å². The standard InChI is InChI=1S/C22H20FNO3S/c1-13(2)14-4-6-16(7-5-14)20(25)24-21-19(22(26)27-3)18(12-28-21)15-8-10-17(23)11-9-15/h4-13H,1-3H3,(H,24,25). The number of rotatable bonds is 5. The minimum atomic E-state index is -0.564. The highest BCUT2D eigenvalue weighted by Crippen LogP contribution is 2.36. The molecule has 0 aliphatic heterocycles. The molecular weight excluding hydrogens is 377 g/mol. The van der Waals surface area contributed by atoms with Crippen molar-refractivity contribution in [3.63, 3.8) is 0 Å². The minimum Gasteiger partial charge on any atom is -0.465 e. The zero-order valence-corrected chi connectivity index (χ0v) is 16.6. The van der Waals surface area contributed by atoms with E-state index in [-0.39, 0.29) is 17.3 Å². The number of anilines is 1. The molecule has 28 heavy (non-hydrogen) atoms. The van der Waals surface area contributed by atoms with Crippen LogP contribution in [-0.4, -0.2) is 19.0 Å². The van der Waals surface area contributed by atoms with Crippen LogP contribution in [0.4, 0.5) is 9.39 Å². The van der Waals surface area contributed by atoms with Gasteiger partial charge in [0.1, 0.15) is 16.4 Å². The Balaban J connectivity index is 1.92. The maximum Gasteiger partial charge on any atom is 0.341 e. The smallest absolute Gasteiger partial charge is 0.341 e. The van der Waals surface area contributed by atoms with Crippen LogP contribution in [0.3, 0.4) is 0 Å². The maximum atomic E-state index is 13.2. The molecule has 0 saturated heterocycles. The summed E-state index contributed by atoms with van der Waals surface area (Å²) in [6.45, 7) is 4.17. The highest BCUT2D eigenvalue weighted by molar-refractivity contribution is 7.15. The number of benzene rings is 2. The summed E-state index contributed by atoms with van der Waals surface area (Å²) in [5.41, 5.74) is 3.15. The predicted molar refractivity (Wildman–Crippen MR) is 110 cm³/mol. The summed E-state index contributed by atoms with van der Waals surface area (Å²) in [6.07, 6.45) is 0. The summed E-state index contributed by atoms with van der Waals surface area (Å²) in [5.74, 6) is -0.866. The first-order chi connectivity index (χ1) is 13.4. The average Bonchev–Trinajstić information content (AvgIpc) is 3.11. The van der Waals surface area contributed by atoms with Gasteiger partial charge in [-0.3, -0.25) is 4.79 Å². The Bertz CT molecular complexity index is 992. The Morgan fingerprint density at radius 2 is 1.68 bits per heavy atom. The van der Waals surface area contributed by atoms with Gasteiger partial charge < -0.3 is 10.1 Å². The van der Waals surface area contributed by atoms with Gasteiger partial charge in [0.25, 0.3) is 5.91 Å². The molecule has 1 aromatic heterocycles. The van der Waals surface area contributed by atoms with Crippen molar-refractivity contribution in [2.45, 2.75) is 19.8 Å². The Kier molecular flexibility index (Phi) is 5.90. The van der Waals surface area contributed by atoms with Crippen molar-refractivity contribution in [3.8, 4) is 11.1 Å². The summed E-state index contributed by atoms with van der Waals surface area (Å²) in [5, 5.41) is 4.94. The molecule has 6 heteroatoms. The van der Waals surface area contributed by atoms with E-state index in [1.54, 1.807) is 29.6 Å². The van der Waals surface area contributed by atoms with Gasteiger partial charge >= 0.3 is 5.97 Å². The number of carbonyl (C=O) groups is 2. The van der Waals surface area contributed by atoms with Crippen molar-refractivity contribution >= 4 is 28.2 Å². The van der Waals surface area contributed by atoms with Crippen molar-refractivity contribution in [2.75, 3.05) is 12.4 Å². The molecule has 0 fully saturated rings. The maximum absolute atomic E-state index is 13.2. The molecule has 0 atom stereocenters. The molecular formula is C22H20FNO3S. The van der Waals surface area contributed by atoms with E-state index in [2.05, 4.69) is 19.2 Å². The summed E-state index contributed by atoms with van der Waals surface area (Å²) in [4.78, 5) is 25.0. The Morgan fingerprint density at radius 1 is 1.04 bits per heavy atom. The van der Waals surface area contributed by atoms with E-state index < -0.39 is 5.97 Å². The number of ether oxygens (including phenoxy) is 1. The quantitative estimate of drug-likeness (QED) is 0.561.